The number of nitrogens with zero attached hydrogens (tertiary/aromatic N) is 1. The monoisotopic (exact) mass is 629 g/mol. The van der Waals surface area contributed by atoms with Gasteiger partial charge in [0.05, 0.1) is 4.90 Å². The molecule has 2 aromatic carbocycles. The van der Waals surface area contributed by atoms with Crippen LogP contribution in [-0.4, -0.2) is 68.5 Å². The van der Waals surface area contributed by atoms with E-state index in [0.717, 1.165) is 5.56 Å². The van der Waals surface area contributed by atoms with E-state index in [9.17, 15) is 23.1 Å². The molecule has 11 nitrogen and oxygen atoms in total. The van der Waals surface area contributed by atoms with Gasteiger partial charge >= 0.3 is 12.1 Å². The Labute approximate surface area is 261 Å². The van der Waals surface area contributed by atoms with E-state index in [2.05, 4.69) is 10.0 Å². The molecule has 1 amide bonds. The summed E-state index contributed by atoms with van der Waals surface area (Å²) in [7, 11) is -4.26. The van der Waals surface area contributed by atoms with Crippen molar-refractivity contribution in [1.29, 1.82) is 5.41 Å². The number of carbonyl (C=O) groups is 2. The summed E-state index contributed by atoms with van der Waals surface area (Å²) in [6, 6.07) is 7.14. The number of carboxylic acids is 1. The first kappa shape index (κ1) is 35.0. The molecule has 1 saturated heterocycles. The minimum atomic E-state index is -4.26. The predicted molar refractivity (Wildman–Crippen MR) is 171 cm³/mol. The molecule has 44 heavy (non-hydrogen) atoms. The van der Waals surface area contributed by atoms with E-state index in [4.69, 9.17) is 15.9 Å². The number of sulfonamides is 1. The molecule has 1 fully saturated rings. The number of ether oxygens (including phenoxy) is 1. The number of nitrogen functional groups attached to an aromatic ring is 1. The van der Waals surface area contributed by atoms with Crippen LogP contribution in [0, 0.1) is 5.41 Å². The topological polar surface area (TPSA) is 175 Å². The second-order valence-corrected chi connectivity index (χ2v) is 14.0. The molecule has 1 unspecified atom stereocenters. The van der Waals surface area contributed by atoms with Crippen molar-refractivity contribution in [2.45, 2.75) is 89.7 Å². The zero-order valence-corrected chi connectivity index (χ0v) is 27.5. The number of nitrogens with one attached hydrogen (secondary N) is 3. The van der Waals surface area contributed by atoms with Crippen molar-refractivity contribution in [3.63, 3.8) is 0 Å². The summed E-state index contributed by atoms with van der Waals surface area (Å²) in [6.07, 6.45) is -1.39. The van der Waals surface area contributed by atoms with Gasteiger partial charge in [-0.05, 0) is 59.4 Å². The SMILES string of the molecule is CC(C)c1cc(C(C)C)c(S(=O)(=O)N[C@@H](Cc2ccc(C(C)OC(=O)N3CCNCC3)c(C(=N)N)c2)C(=O)O)c(C(C)C)c1. The van der Waals surface area contributed by atoms with Gasteiger partial charge in [-0.15, -0.1) is 0 Å². The second kappa shape index (κ2) is 14.5. The molecule has 1 aliphatic rings. The number of carbonyl (C=O) groups excluding carboxylic acids is 1. The average Bonchev–Trinajstić information content (AvgIpc) is 2.96. The van der Waals surface area contributed by atoms with Gasteiger partial charge in [0.2, 0.25) is 10.0 Å². The van der Waals surface area contributed by atoms with E-state index in [1.54, 1.807) is 30.0 Å². The third-order valence-electron chi connectivity index (χ3n) is 7.88. The van der Waals surface area contributed by atoms with E-state index >= 15 is 0 Å². The Morgan fingerprint density at radius 1 is 0.977 bits per heavy atom. The summed E-state index contributed by atoms with van der Waals surface area (Å²) in [5, 5.41) is 21.4. The van der Waals surface area contributed by atoms with Crippen molar-refractivity contribution in [1.82, 2.24) is 14.9 Å². The van der Waals surface area contributed by atoms with Crippen LogP contribution >= 0.6 is 0 Å². The maximum absolute atomic E-state index is 13.9. The number of nitrogens with two attached hydrogens (primary N) is 1. The zero-order valence-electron chi connectivity index (χ0n) is 26.7. The van der Waals surface area contributed by atoms with Gasteiger partial charge in [0, 0.05) is 37.3 Å². The molecule has 2 aromatic rings. The number of hydrogen-bond donors (Lipinski definition) is 5. The Hall–Kier alpha value is -3.48. The van der Waals surface area contributed by atoms with Crippen molar-refractivity contribution in [2.24, 2.45) is 5.73 Å². The highest BCUT2D eigenvalue weighted by Gasteiger charge is 2.32. The second-order valence-electron chi connectivity index (χ2n) is 12.3. The zero-order chi connectivity index (χ0) is 32.9. The highest BCUT2D eigenvalue weighted by Crippen LogP contribution is 2.35. The molecule has 6 N–H and O–H groups in total. The average molecular weight is 630 g/mol. The molecule has 0 aliphatic carbocycles. The highest BCUT2D eigenvalue weighted by molar-refractivity contribution is 7.89. The first-order valence-corrected chi connectivity index (χ1v) is 16.6. The molecule has 0 bridgehead atoms. The number of aliphatic carboxylic acids is 1. The minimum Gasteiger partial charge on any atom is -0.480 e. The maximum atomic E-state index is 13.9. The van der Waals surface area contributed by atoms with Crippen LogP contribution in [0.1, 0.15) is 106 Å². The Balaban J connectivity index is 1.93. The van der Waals surface area contributed by atoms with Crippen molar-refractivity contribution < 1.29 is 27.9 Å². The number of rotatable bonds is 12. The summed E-state index contributed by atoms with van der Waals surface area (Å²) in [6.45, 7) is 15.9. The van der Waals surface area contributed by atoms with Gasteiger partial charge in [-0.25, -0.2) is 13.2 Å². The van der Waals surface area contributed by atoms with Gasteiger partial charge in [0.25, 0.3) is 0 Å². The molecule has 2 atom stereocenters. The fourth-order valence-corrected chi connectivity index (χ4v) is 7.20. The lowest BCUT2D eigenvalue weighted by molar-refractivity contribution is -0.138. The number of carboxylic acid groups (broad SMARTS) is 1. The standard InChI is InChI=1S/C32H47N5O6S/c1-18(2)23-16-25(19(3)4)29(26(17-23)20(5)6)44(41,42)36-28(31(38)39)15-22-8-9-24(27(14-22)30(33)34)21(7)43-32(40)37-12-10-35-11-13-37/h8-9,14,16-21,28,35-36H,10-13,15H2,1-7H3,(H3,33,34)(H,38,39)/t21?,28-/m0/s1. The van der Waals surface area contributed by atoms with Crippen LogP contribution in [0.2, 0.25) is 0 Å². The molecule has 1 heterocycles. The molecular weight excluding hydrogens is 582 g/mol. The summed E-state index contributed by atoms with van der Waals surface area (Å²) in [5.74, 6) is -1.67. The van der Waals surface area contributed by atoms with Crippen LogP contribution in [0.3, 0.4) is 0 Å². The van der Waals surface area contributed by atoms with E-state index in [1.165, 1.54) is 0 Å². The summed E-state index contributed by atoms with van der Waals surface area (Å²) < 4.78 is 36.0. The van der Waals surface area contributed by atoms with Gasteiger partial charge in [0.1, 0.15) is 18.0 Å². The van der Waals surface area contributed by atoms with Crippen LogP contribution in [0.15, 0.2) is 35.2 Å². The van der Waals surface area contributed by atoms with E-state index < -0.39 is 34.2 Å². The number of amidine groups is 1. The largest absolute Gasteiger partial charge is 0.480 e. The van der Waals surface area contributed by atoms with Crippen LogP contribution in [0.25, 0.3) is 0 Å². The van der Waals surface area contributed by atoms with Crippen LogP contribution in [0.4, 0.5) is 4.79 Å². The van der Waals surface area contributed by atoms with Crippen molar-refractivity contribution in [3.8, 4) is 0 Å². The Kier molecular flexibility index (Phi) is 11.6. The fourth-order valence-electron chi connectivity index (χ4n) is 5.32. The lowest BCUT2D eigenvalue weighted by atomic mass is 9.89. The summed E-state index contributed by atoms with van der Waals surface area (Å²) in [4.78, 5) is 26.8. The van der Waals surface area contributed by atoms with Gasteiger partial charge in [-0.2, -0.15) is 4.72 Å². The first-order chi connectivity index (χ1) is 20.5. The third kappa shape index (κ3) is 8.36. The quantitative estimate of drug-likeness (QED) is 0.169. The number of piperazine rings is 1. The van der Waals surface area contributed by atoms with Crippen LogP contribution in [0.5, 0.6) is 0 Å². The smallest absolute Gasteiger partial charge is 0.410 e. The van der Waals surface area contributed by atoms with Gasteiger partial charge in [-0.1, -0.05) is 65.8 Å². The molecule has 242 valence electrons. The van der Waals surface area contributed by atoms with E-state index in [-0.39, 0.29) is 40.5 Å². The number of hydrogen-bond acceptors (Lipinski definition) is 7. The lowest BCUT2D eigenvalue weighted by Gasteiger charge is -2.28. The summed E-state index contributed by atoms with van der Waals surface area (Å²) >= 11 is 0. The molecule has 3 rings (SSSR count). The Morgan fingerprint density at radius 2 is 1.55 bits per heavy atom. The predicted octanol–water partition coefficient (Wildman–Crippen LogP) is 4.42. The lowest BCUT2D eigenvalue weighted by Crippen LogP contribution is -2.46. The number of benzene rings is 2. The Morgan fingerprint density at radius 3 is 2.02 bits per heavy atom. The van der Waals surface area contributed by atoms with Crippen LogP contribution in [-0.2, 0) is 26.0 Å². The molecular formula is C32H47N5O6S. The molecule has 0 radical (unpaired) electrons. The van der Waals surface area contributed by atoms with Crippen molar-refractivity contribution in [2.75, 3.05) is 26.2 Å². The highest BCUT2D eigenvalue weighted by atomic mass is 32.2. The molecule has 0 aromatic heterocycles. The van der Waals surface area contributed by atoms with Crippen LogP contribution < -0.4 is 15.8 Å². The first-order valence-electron chi connectivity index (χ1n) is 15.1. The van der Waals surface area contributed by atoms with Crippen molar-refractivity contribution in [3.05, 3.63) is 63.7 Å². The maximum Gasteiger partial charge on any atom is 0.410 e. The van der Waals surface area contributed by atoms with Gasteiger partial charge < -0.3 is 25.8 Å². The number of amides is 1. The Bertz CT molecular complexity index is 1450. The molecule has 0 saturated carbocycles. The van der Waals surface area contributed by atoms with Gasteiger partial charge in [-0.3, -0.25) is 10.2 Å². The minimum absolute atomic E-state index is 0.116. The van der Waals surface area contributed by atoms with E-state index in [0.29, 0.717) is 48.4 Å². The van der Waals surface area contributed by atoms with Gasteiger partial charge in [0.15, 0.2) is 0 Å². The van der Waals surface area contributed by atoms with E-state index in [1.807, 2.05) is 53.7 Å². The normalized spacial score (nSPS) is 15.5. The third-order valence-corrected chi connectivity index (χ3v) is 9.49. The van der Waals surface area contributed by atoms with Crippen molar-refractivity contribution >= 4 is 27.9 Å². The fraction of sp³-hybridized carbons (Fsp3) is 0.531. The summed E-state index contributed by atoms with van der Waals surface area (Å²) in [5.41, 5.74) is 9.42. The molecule has 1 aliphatic heterocycles. The molecule has 12 heteroatoms. The molecule has 0 spiro atoms.